The summed E-state index contributed by atoms with van der Waals surface area (Å²) in [6.45, 7) is 0. The highest BCUT2D eigenvalue weighted by Gasteiger charge is 2.23. The first-order valence-electron chi connectivity index (χ1n) is 6.79. The fraction of sp³-hybridized carbons (Fsp3) is 0.188. The monoisotopic (exact) mass is 267 g/mol. The second kappa shape index (κ2) is 4.34. The number of fused-ring (bicyclic) bond motifs is 2. The van der Waals surface area contributed by atoms with Gasteiger partial charge in [0.2, 0.25) is 5.95 Å². The Balaban J connectivity index is 1.64. The molecule has 0 saturated heterocycles. The number of H-pyrrole nitrogens is 1. The van der Waals surface area contributed by atoms with Gasteiger partial charge in [0.05, 0.1) is 17.1 Å². The van der Waals surface area contributed by atoms with Crippen LogP contribution in [-0.2, 0) is 6.42 Å². The molecule has 0 fully saturated rings. The Kier molecular flexibility index (Phi) is 2.49. The Morgan fingerprint density at radius 3 is 3.00 bits per heavy atom. The molecule has 1 heterocycles. The van der Waals surface area contributed by atoms with Crippen molar-refractivity contribution in [2.45, 2.75) is 18.9 Å². The maximum atomic E-state index is 13.2. The van der Waals surface area contributed by atoms with Gasteiger partial charge in [0, 0.05) is 0 Å². The third-order valence-electron chi connectivity index (χ3n) is 3.88. The predicted molar refractivity (Wildman–Crippen MR) is 77.2 cm³/mol. The molecule has 0 aliphatic heterocycles. The normalized spacial score (nSPS) is 17.4. The molecule has 0 spiro atoms. The minimum absolute atomic E-state index is 0.159. The molecule has 0 radical (unpaired) electrons. The number of rotatable bonds is 2. The zero-order chi connectivity index (χ0) is 13.5. The number of anilines is 1. The van der Waals surface area contributed by atoms with E-state index >= 15 is 0 Å². The number of aromatic amines is 1. The molecule has 1 aromatic heterocycles. The summed E-state index contributed by atoms with van der Waals surface area (Å²) in [7, 11) is 0. The first kappa shape index (κ1) is 11.5. The van der Waals surface area contributed by atoms with Crippen LogP contribution in [0.2, 0.25) is 0 Å². The van der Waals surface area contributed by atoms with Gasteiger partial charge in [-0.2, -0.15) is 0 Å². The average molecular weight is 267 g/mol. The predicted octanol–water partition coefficient (Wildman–Crippen LogP) is 3.80. The van der Waals surface area contributed by atoms with Crippen LogP contribution >= 0.6 is 0 Å². The van der Waals surface area contributed by atoms with E-state index in [2.05, 4.69) is 15.3 Å². The van der Waals surface area contributed by atoms with E-state index in [4.69, 9.17) is 0 Å². The maximum Gasteiger partial charge on any atom is 0.201 e. The zero-order valence-electron chi connectivity index (χ0n) is 10.9. The van der Waals surface area contributed by atoms with Crippen LogP contribution in [0.15, 0.2) is 42.5 Å². The highest BCUT2D eigenvalue weighted by molar-refractivity contribution is 5.77. The second-order valence-corrected chi connectivity index (χ2v) is 5.18. The molecule has 3 nitrogen and oxygen atoms in total. The van der Waals surface area contributed by atoms with Crippen LogP contribution in [0.1, 0.15) is 23.6 Å². The molecule has 0 amide bonds. The van der Waals surface area contributed by atoms with Crippen molar-refractivity contribution in [2.75, 3.05) is 5.32 Å². The highest BCUT2D eigenvalue weighted by atomic mass is 19.1. The lowest BCUT2D eigenvalue weighted by Gasteiger charge is -2.12. The van der Waals surface area contributed by atoms with Gasteiger partial charge in [0.15, 0.2) is 0 Å². The van der Waals surface area contributed by atoms with Crippen LogP contribution in [0.25, 0.3) is 11.0 Å². The summed E-state index contributed by atoms with van der Waals surface area (Å²) in [5, 5.41) is 3.42. The van der Waals surface area contributed by atoms with E-state index in [1.807, 2.05) is 30.3 Å². The number of nitrogens with zero attached hydrogens (tertiary/aromatic N) is 1. The molecule has 1 atom stereocenters. The van der Waals surface area contributed by atoms with Crippen molar-refractivity contribution in [2.24, 2.45) is 0 Å². The highest BCUT2D eigenvalue weighted by Crippen LogP contribution is 2.33. The quantitative estimate of drug-likeness (QED) is 0.741. The van der Waals surface area contributed by atoms with Crippen molar-refractivity contribution in [1.29, 1.82) is 0 Å². The zero-order valence-corrected chi connectivity index (χ0v) is 10.9. The van der Waals surface area contributed by atoms with Crippen LogP contribution in [0, 0.1) is 5.82 Å². The van der Waals surface area contributed by atoms with Gasteiger partial charge in [-0.3, -0.25) is 0 Å². The Morgan fingerprint density at radius 2 is 2.10 bits per heavy atom. The lowest BCUT2D eigenvalue weighted by Crippen LogP contribution is -2.08. The number of imidazole rings is 1. The minimum Gasteiger partial charge on any atom is -0.349 e. The van der Waals surface area contributed by atoms with Crippen molar-refractivity contribution in [3.8, 4) is 0 Å². The summed E-state index contributed by atoms with van der Waals surface area (Å²) in [6.07, 6.45) is 1.88. The Labute approximate surface area is 115 Å². The molecule has 2 aromatic carbocycles. The largest absolute Gasteiger partial charge is 0.349 e. The third-order valence-corrected chi connectivity index (χ3v) is 3.88. The minimum atomic E-state index is -0.159. The van der Waals surface area contributed by atoms with Crippen molar-refractivity contribution in [1.82, 2.24) is 9.97 Å². The number of benzene rings is 2. The molecule has 20 heavy (non-hydrogen) atoms. The Morgan fingerprint density at radius 1 is 1.20 bits per heavy atom. The molecular formula is C16H14FN3. The molecule has 4 rings (SSSR count). The molecule has 1 aliphatic rings. The lowest BCUT2D eigenvalue weighted by atomic mass is 10.1. The summed E-state index contributed by atoms with van der Waals surface area (Å²) in [5.74, 6) is 0.613. The fourth-order valence-electron chi connectivity index (χ4n) is 2.92. The smallest absolute Gasteiger partial charge is 0.201 e. The molecule has 0 saturated carbocycles. The SMILES string of the molecule is Fc1ccc2c(c1)CCC2Nc1nc2ccccc2[nH]1. The number of aromatic nitrogens is 2. The summed E-state index contributed by atoms with van der Waals surface area (Å²) in [4.78, 5) is 7.79. The van der Waals surface area contributed by atoms with Crippen LogP contribution in [-0.4, -0.2) is 9.97 Å². The second-order valence-electron chi connectivity index (χ2n) is 5.18. The summed E-state index contributed by atoms with van der Waals surface area (Å²) < 4.78 is 13.2. The lowest BCUT2D eigenvalue weighted by molar-refractivity contribution is 0.626. The van der Waals surface area contributed by atoms with E-state index in [-0.39, 0.29) is 11.9 Å². The Hall–Kier alpha value is -2.36. The summed E-state index contributed by atoms with van der Waals surface area (Å²) in [5.41, 5.74) is 4.24. The van der Waals surface area contributed by atoms with E-state index in [1.54, 1.807) is 6.07 Å². The topological polar surface area (TPSA) is 40.7 Å². The van der Waals surface area contributed by atoms with Gasteiger partial charge in [-0.15, -0.1) is 0 Å². The number of nitrogens with one attached hydrogen (secondary N) is 2. The van der Waals surface area contributed by atoms with Crippen molar-refractivity contribution < 1.29 is 4.39 Å². The third kappa shape index (κ3) is 1.84. The van der Waals surface area contributed by atoms with E-state index in [9.17, 15) is 4.39 Å². The van der Waals surface area contributed by atoms with Crippen molar-refractivity contribution in [3.05, 3.63) is 59.4 Å². The summed E-state index contributed by atoms with van der Waals surface area (Å²) >= 11 is 0. The van der Waals surface area contributed by atoms with Crippen LogP contribution in [0.4, 0.5) is 10.3 Å². The van der Waals surface area contributed by atoms with Gasteiger partial charge in [-0.25, -0.2) is 9.37 Å². The van der Waals surface area contributed by atoms with Crippen molar-refractivity contribution >= 4 is 17.0 Å². The Bertz CT molecular complexity index is 745. The maximum absolute atomic E-state index is 13.2. The van der Waals surface area contributed by atoms with E-state index in [0.717, 1.165) is 35.4 Å². The van der Waals surface area contributed by atoms with Gasteiger partial charge in [-0.05, 0) is 48.2 Å². The van der Waals surface area contributed by atoms with Gasteiger partial charge in [-0.1, -0.05) is 18.2 Å². The molecule has 100 valence electrons. The number of halogens is 1. The number of hydrogen-bond donors (Lipinski definition) is 2. The molecule has 1 aliphatic carbocycles. The molecular weight excluding hydrogens is 253 g/mol. The molecule has 3 aromatic rings. The van der Waals surface area contributed by atoms with Crippen LogP contribution < -0.4 is 5.32 Å². The van der Waals surface area contributed by atoms with Crippen LogP contribution in [0.5, 0.6) is 0 Å². The molecule has 2 N–H and O–H groups in total. The van der Waals surface area contributed by atoms with Gasteiger partial charge in [0.25, 0.3) is 0 Å². The number of para-hydroxylation sites is 2. The van der Waals surface area contributed by atoms with Crippen molar-refractivity contribution in [3.63, 3.8) is 0 Å². The van der Waals surface area contributed by atoms with Gasteiger partial charge in [0.1, 0.15) is 5.82 Å². The summed E-state index contributed by atoms with van der Waals surface area (Å²) in [6, 6.07) is 13.2. The number of hydrogen-bond acceptors (Lipinski definition) is 2. The van der Waals surface area contributed by atoms with E-state index in [0.29, 0.717) is 0 Å². The average Bonchev–Trinajstić information content (AvgIpc) is 3.02. The van der Waals surface area contributed by atoms with Crippen LogP contribution in [0.3, 0.4) is 0 Å². The first-order chi connectivity index (χ1) is 9.79. The van der Waals surface area contributed by atoms with E-state index in [1.165, 1.54) is 11.6 Å². The molecule has 0 bridgehead atoms. The standard InChI is InChI=1S/C16H14FN3/c17-11-6-7-12-10(9-11)5-8-13(12)18-16-19-14-3-1-2-4-15(14)20-16/h1-4,6-7,9,13H,5,8H2,(H2,18,19,20). The van der Waals surface area contributed by atoms with Gasteiger partial charge >= 0.3 is 0 Å². The first-order valence-corrected chi connectivity index (χ1v) is 6.79. The fourth-order valence-corrected chi connectivity index (χ4v) is 2.92. The number of aryl methyl sites for hydroxylation is 1. The van der Waals surface area contributed by atoms with Gasteiger partial charge < -0.3 is 10.3 Å². The molecule has 4 heteroatoms. The molecule has 1 unspecified atom stereocenters. The van der Waals surface area contributed by atoms with E-state index < -0.39 is 0 Å².